The quantitative estimate of drug-likeness (QED) is 0.658. The Kier molecular flexibility index (Phi) is 2.86. The van der Waals surface area contributed by atoms with Crippen LogP contribution in [0.4, 0.5) is 5.82 Å². The lowest BCUT2D eigenvalue weighted by Crippen LogP contribution is -1.97. The summed E-state index contributed by atoms with van der Waals surface area (Å²) in [7, 11) is 0. The number of rotatable bonds is 2. The number of nitrogens with zero attached hydrogens (tertiary/aromatic N) is 2. The van der Waals surface area contributed by atoms with Crippen LogP contribution in [0.1, 0.15) is 11.1 Å². The van der Waals surface area contributed by atoms with E-state index in [1.807, 2.05) is 24.3 Å². The number of nitriles is 1. The second kappa shape index (κ2) is 4.68. The van der Waals surface area contributed by atoms with Crippen molar-refractivity contribution in [2.75, 3.05) is 5.73 Å². The van der Waals surface area contributed by atoms with Crippen molar-refractivity contribution < 1.29 is 0 Å². The van der Waals surface area contributed by atoms with Gasteiger partial charge in [-0.3, -0.25) is 0 Å². The van der Waals surface area contributed by atoms with Crippen molar-refractivity contribution in [3.05, 3.63) is 47.7 Å². The Hall–Kier alpha value is -2.84. The Bertz CT molecular complexity index is 826. The average Bonchev–Trinajstić information content (AvgIpc) is 2.89. The molecule has 3 rings (SSSR count). The maximum atomic E-state index is 9.22. The molecule has 2 heterocycles. The molecule has 3 aromatic rings. The third-order valence-electron chi connectivity index (χ3n) is 3.26. The summed E-state index contributed by atoms with van der Waals surface area (Å²) in [6.07, 6.45) is 1.65. The van der Waals surface area contributed by atoms with Crippen LogP contribution in [0.15, 0.2) is 36.5 Å². The zero-order valence-corrected chi connectivity index (χ0v) is 10.7. The van der Waals surface area contributed by atoms with Gasteiger partial charge in [0.2, 0.25) is 0 Å². The fourth-order valence-corrected chi connectivity index (χ4v) is 2.34. The molecule has 98 valence electrons. The fraction of sp³-hybridized carbons (Fsp3) is 0.0667. The molecule has 0 amide bonds. The van der Waals surface area contributed by atoms with Gasteiger partial charge < -0.3 is 16.5 Å². The molecule has 0 fully saturated rings. The first-order chi connectivity index (χ1) is 9.72. The van der Waals surface area contributed by atoms with Crippen molar-refractivity contribution in [2.45, 2.75) is 6.54 Å². The molecule has 2 aromatic heterocycles. The number of benzene rings is 1. The molecule has 5 N–H and O–H groups in total. The van der Waals surface area contributed by atoms with Gasteiger partial charge in [0, 0.05) is 18.1 Å². The summed E-state index contributed by atoms with van der Waals surface area (Å²) < 4.78 is 0. The average molecular weight is 263 g/mol. The van der Waals surface area contributed by atoms with E-state index in [-0.39, 0.29) is 0 Å². The first-order valence-corrected chi connectivity index (χ1v) is 6.20. The lowest BCUT2D eigenvalue weighted by Gasteiger charge is -2.07. The number of pyridine rings is 1. The minimum Gasteiger partial charge on any atom is -0.384 e. The molecular formula is C15H13N5. The number of hydrogen-bond acceptors (Lipinski definition) is 4. The van der Waals surface area contributed by atoms with Crippen molar-refractivity contribution >= 4 is 16.9 Å². The van der Waals surface area contributed by atoms with Gasteiger partial charge in [-0.2, -0.15) is 5.26 Å². The summed E-state index contributed by atoms with van der Waals surface area (Å²) in [5, 5.41) is 10.0. The van der Waals surface area contributed by atoms with Crippen LogP contribution in [-0.2, 0) is 6.54 Å². The van der Waals surface area contributed by atoms with Gasteiger partial charge in [-0.25, -0.2) is 4.98 Å². The third kappa shape index (κ3) is 1.88. The summed E-state index contributed by atoms with van der Waals surface area (Å²) in [4.78, 5) is 7.20. The number of H-pyrrole nitrogens is 1. The van der Waals surface area contributed by atoms with Crippen molar-refractivity contribution in [3.63, 3.8) is 0 Å². The van der Waals surface area contributed by atoms with Crippen LogP contribution in [0.25, 0.3) is 22.2 Å². The SMILES string of the molecule is N#Cc1c[nH]c2nc(N)cc(-c3cccc(CN)c3)c12. The summed E-state index contributed by atoms with van der Waals surface area (Å²) >= 11 is 0. The number of nitrogens with two attached hydrogens (primary N) is 2. The molecular weight excluding hydrogens is 250 g/mol. The first kappa shape index (κ1) is 12.2. The Labute approximate surface area is 115 Å². The summed E-state index contributed by atoms with van der Waals surface area (Å²) in [6.45, 7) is 0.468. The highest BCUT2D eigenvalue weighted by atomic mass is 14.9. The number of aromatic nitrogens is 2. The number of nitrogens with one attached hydrogen (secondary N) is 1. The monoisotopic (exact) mass is 263 g/mol. The number of fused-ring (bicyclic) bond motifs is 1. The third-order valence-corrected chi connectivity index (χ3v) is 3.26. The van der Waals surface area contributed by atoms with E-state index >= 15 is 0 Å². The Morgan fingerprint density at radius 3 is 2.90 bits per heavy atom. The summed E-state index contributed by atoms with van der Waals surface area (Å²) in [5.74, 6) is 0.414. The van der Waals surface area contributed by atoms with E-state index in [1.165, 1.54) is 0 Å². The Morgan fingerprint density at radius 1 is 1.30 bits per heavy atom. The van der Waals surface area contributed by atoms with Crippen LogP contribution < -0.4 is 11.5 Å². The molecule has 0 spiro atoms. The normalized spacial score (nSPS) is 10.6. The molecule has 0 aliphatic heterocycles. The van der Waals surface area contributed by atoms with Gasteiger partial charge in [-0.15, -0.1) is 0 Å². The first-order valence-electron chi connectivity index (χ1n) is 6.20. The second-order valence-corrected chi connectivity index (χ2v) is 4.54. The molecule has 1 aromatic carbocycles. The molecule has 0 aliphatic carbocycles. The number of aromatic amines is 1. The van der Waals surface area contributed by atoms with Crippen LogP contribution in [0.2, 0.25) is 0 Å². The van der Waals surface area contributed by atoms with Gasteiger partial charge >= 0.3 is 0 Å². The molecule has 0 radical (unpaired) electrons. The van der Waals surface area contributed by atoms with Crippen LogP contribution in [0, 0.1) is 11.3 Å². The smallest absolute Gasteiger partial charge is 0.141 e. The zero-order chi connectivity index (χ0) is 14.1. The van der Waals surface area contributed by atoms with E-state index in [2.05, 4.69) is 16.0 Å². The molecule has 5 nitrogen and oxygen atoms in total. The molecule has 0 atom stereocenters. The fourth-order valence-electron chi connectivity index (χ4n) is 2.34. The van der Waals surface area contributed by atoms with Crippen LogP contribution in [0.3, 0.4) is 0 Å². The predicted octanol–water partition coefficient (Wildman–Crippen LogP) is 2.14. The number of nitrogen functional groups attached to an aromatic ring is 1. The van der Waals surface area contributed by atoms with Crippen LogP contribution in [-0.4, -0.2) is 9.97 Å². The maximum absolute atomic E-state index is 9.22. The summed E-state index contributed by atoms with van der Waals surface area (Å²) in [6, 6.07) is 11.8. The van der Waals surface area contributed by atoms with E-state index < -0.39 is 0 Å². The molecule has 0 unspecified atom stereocenters. The van der Waals surface area contributed by atoms with Crippen molar-refractivity contribution in [3.8, 4) is 17.2 Å². The van der Waals surface area contributed by atoms with Gasteiger partial charge in [0.15, 0.2) is 0 Å². The lowest BCUT2D eigenvalue weighted by atomic mass is 9.99. The predicted molar refractivity (Wildman–Crippen MR) is 78.5 cm³/mol. The van der Waals surface area contributed by atoms with Crippen LogP contribution in [0.5, 0.6) is 0 Å². The van der Waals surface area contributed by atoms with Crippen molar-refractivity contribution in [2.24, 2.45) is 5.73 Å². The number of anilines is 1. The van der Waals surface area contributed by atoms with Crippen LogP contribution >= 0.6 is 0 Å². The second-order valence-electron chi connectivity index (χ2n) is 4.54. The minimum atomic E-state index is 0.414. The molecule has 0 aliphatic rings. The van der Waals surface area contributed by atoms with Gasteiger partial charge in [-0.05, 0) is 28.8 Å². The van der Waals surface area contributed by atoms with E-state index in [1.54, 1.807) is 12.3 Å². The Balaban J connectivity index is 2.34. The zero-order valence-electron chi connectivity index (χ0n) is 10.7. The minimum absolute atomic E-state index is 0.414. The summed E-state index contributed by atoms with van der Waals surface area (Å²) in [5.41, 5.74) is 15.6. The van der Waals surface area contributed by atoms with Crippen molar-refractivity contribution in [1.29, 1.82) is 5.26 Å². The van der Waals surface area contributed by atoms with E-state index in [4.69, 9.17) is 11.5 Å². The highest BCUT2D eigenvalue weighted by molar-refractivity contribution is 5.98. The van der Waals surface area contributed by atoms with Gasteiger partial charge in [-0.1, -0.05) is 18.2 Å². The van der Waals surface area contributed by atoms with Gasteiger partial charge in [0.1, 0.15) is 17.5 Å². The van der Waals surface area contributed by atoms with Crippen molar-refractivity contribution in [1.82, 2.24) is 9.97 Å². The molecule has 20 heavy (non-hydrogen) atoms. The van der Waals surface area contributed by atoms with Gasteiger partial charge in [0.25, 0.3) is 0 Å². The molecule has 0 saturated carbocycles. The lowest BCUT2D eigenvalue weighted by molar-refractivity contribution is 1.07. The largest absolute Gasteiger partial charge is 0.384 e. The number of hydrogen-bond donors (Lipinski definition) is 3. The Morgan fingerprint density at radius 2 is 2.15 bits per heavy atom. The van der Waals surface area contributed by atoms with E-state index in [0.717, 1.165) is 22.1 Å². The topological polar surface area (TPSA) is 105 Å². The highest BCUT2D eigenvalue weighted by Gasteiger charge is 2.12. The standard InChI is InChI=1S/C15H13N5/c16-6-9-2-1-3-10(4-9)12-5-13(18)20-15-14(12)11(7-17)8-19-15/h1-5,8H,6,16H2,(H3,18,19,20). The van der Waals surface area contributed by atoms with E-state index in [0.29, 0.717) is 23.6 Å². The van der Waals surface area contributed by atoms with Gasteiger partial charge in [0.05, 0.1) is 5.56 Å². The highest BCUT2D eigenvalue weighted by Crippen LogP contribution is 2.31. The molecule has 0 bridgehead atoms. The maximum Gasteiger partial charge on any atom is 0.141 e. The molecule has 5 heteroatoms. The molecule has 0 saturated heterocycles. The van der Waals surface area contributed by atoms with E-state index in [9.17, 15) is 5.26 Å².